The number of carbonyl (C=O) groups excluding carboxylic acids is 1. The fraction of sp³-hybridized carbons (Fsp3) is 0.500. The molecular formula is C16H18N2O6S2. The van der Waals surface area contributed by atoms with Crippen molar-refractivity contribution >= 4 is 32.7 Å². The normalized spacial score (nSPS) is 27.1. The maximum absolute atomic E-state index is 12.0. The van der Waals surface area contributed by atoms with Gasteiger partial charge in [0.25, 0.3) is 5.91 Å². The number of fused-ring (bicyclic) bond motifs is 2. The molecule has 1 aromatic carbocycles. The van der Waals surface area contributed by atoms with Gasteiger partial charge in [-0.05, 0) is 17.7 Å². The van der Waals surface area contributed by atoms with Crippen molar-refractivity contribution in [1.82, 2.24) is 4.90 Å². The van der Waals surface area contributed by atoms with Crippen molar-refractivity contribution < 1.29 is 27.4 Å². The molecule has 3 aliphatic rings. The maximum atomic E-state index is 12.0. The third-order valence-electron chi connectivity index (χ3n) is 4.45. The second-order valence-electron chi connectivity index (χ2n) is 6.34. The molecule has 0 unspecified atom stereocenters. The molecule has 0 N–H and O–H groups in total. The number of sulfone groups is 1. The quantitative estimate of drug-likeness (QED) is 0.730. The van der Waals surface area contributed by atoms with Crippen LogP contribution in [0.25, 0.3) is 0 Å². The van der Waals surface area contributed by atoms with Crippen molar-refractivity contribution in [2.24, 2.45) is 4.99 Å². The Hall–Kier alpha value is -1.78. The molecule has 1 aromatic rings. The molecule has 0 saturated carbocycles. The van der Waals surface area contributed by atoms with Gasteiger partial charge in [-0.2, -0.15) is 4.99 Å². The molecule has 0 spiro atoms. The lowest BCUT2D eigenvalue weighted by molar-refractivity contribution is -0.121. The van der Waals surface area contributed by atoms with Gasteiger partial charge < -0.3 is 19.1 Å². The molecule has 3 heterocycles. The van der Waals surface area contributed by atoms with Crippen LogP contribution in [0.2, 0.25) is 0 Å². The minimum Gasteiger partial charge on any atom is -0.454 e. The van der Waals surface area contributed by atoms with Crippen molar-refractivity contribution in [3.05, 3.63) is 23.8 Å². The summed E-state index contributed by atoms with van der Waals surface area (Å²) in [5, 5.41) is 0.442. The summed E-state index contributed by atoms with van der Waals surface area (Å²) in [6, 6.07) is 5.42. The number of carbonyl (C=O) groups is 1. The third-order valence-corrected chi connectivity index (χ3v) is 7.70. The Labute approximate surface area is 155 Å². The molecule has 2 atom stereocenters. The standard InChI is InChI=1S/C16H18N2O6S2/c1-22-6-15(19)17-16-18(11-7-26(20,21)8-14(11)25-16)5-10-2-3-12-13(4-10)24-9-23-12/h2-4,11,14H,5-9H2,1H3/t11-,14+/m1/s1. The number of amides is 1. The number of benzene rings is 1. The second kappa shape index (κ2) is 6.75. The molecule has 3 aliphatic heterocycles. The molecule has 4 rings (SSSR count). The van der Waals surface area contributed by atoms with E-state index in [0.717, 1.165) is 5.56 Å². The molecule has 1 amide bonds. The Morgan fingerprint density at radius 1 is 1.35 bits per heavy atom. The molecule has 0 bridgehead atoms. The number of rotatable bonds is 4. The van der Waals surface area contributed by atoms with Crippen LogP contribution in [0.1, 0.15) is 5.56 Å². The Morgan fingerprint density at radius 2 is 2.15 bits per heavy atom. The lowest BCUT2D eigenvalue weighted by Gasteiger charge is -2.24. The van der Waals surface area contributed by atoms with E-state index >= 15 is 0 Å². The van der Waals surface area contributed by atoms with Gasteiger partial charge in [0, 0.05) is 18.9 Å². The van der Waals surface area contributed by atoms with Gasteiger partial charge in [-0.25, -0.2) is 8.42 Å². The minimum atomic E-state index is -3.07. The average Bonchev–Trinajstić information content (AvgIpc) is 3.22. The summed E-state index contributed by atoms with van der Waals surface area (Å²) in [4.78, 5) is 17.9. The van der Waals surface area contributed by atoms with Gasteiger partial charge in [-0.1, -0.05) is 17.8 Å². The summed E-state index contributed by atoms with van der Waals surface area (Å²) in [7, 11) is -1.64. The molecule has 140 valence electrons. The molecule has 8 nitrogen and oxygen atoms in total. The predicted octanol–water partition coefficient (Wildman–Crippen LogP) is 0.659. The maximum Gasteiger partial charge on any atom is 0.274 e. The summed E-state index contributed by atoms with van der Waals surface area (Å²) in [6.45, 7) is 0.536. The van der Waals surface area contributed by atoms with Gasteiger partial charge in [0.1, 0.15) is 6.61 Å². The second-order valence-corrected chi connectivity index (χ2v) is 9.70. The van der Waals surface area contributed by atoms with Crippen LogP contribution in [0.5, 0.6) is 11.5 Å². The summed E-state index contributed by atoms with van der Waals surface area (Å²) >= 11 is 1.35. The fourth-order valence-corrected chi connectivity index (χ4v) is 7.29. The number of amidine groups is 1. The molecule has 0 aromatic heterocycles. The first-order chi connectivity index (χ1) is 12.4. The van der Waals surface area contributed by atoms with Crippen molar-refractivity contribution in [1.29, 1.82) is 0 Å². The first-order valence-corrected chi connectivity index (χ1v) is 10.8. The highest BCUT2D eigenvalue weighted by Gasteiger charge is 2.48. The molecule has 2 fully saturated rings. The zero-order valence-corrected chi connectivity index (χ0v) is 15.7. The van der Waals surface area contributed by atoms with E-state index in [0.29, 0.717) is 23.2 Å². The molecular weight excluding hydrogens is 380 g/mol. The predicted molar refractivity (Wildman–Crippen MR) is 96.2 cm³/mol. The van der Waals surface area contributed by atoms with E-state index in [1.807, 2.05) is 23.1 Å². The Balaban J connectivity index is 1.61. The van der Waals surface area contributed by atoms with Crippen molar-refractivity contribution in [2.45, 2.75) is 17.8 Å². The number of ether oxygens (including phenoxy) is 3. The Morgan fingerprint density at radius 3 is 2.96 bits per heavy atom. The van der Waals surface area contributed by atoms with Crippen LogP contribution in [0.4, 0.5) is 0 Å². The van der Waals surface area contributed by atoms with Gasteiger partial charge in [0.15, 0.2) is 26.5 Å². The van der Waals surface area contributed by atoms with Gasteiger partial charge in [0.05, 0.1) is 17.5 Å². The lowest BCUT2D eigenvalue weighted by Crippen LogP contribution is -2.37. The van der Waals surface area contributed by atoms with Crippen LogP contribution < -0.4 is 9.47 Å². The van der Waals surface area contributed by atoms with E-state index in [-0.39, 0.29) is 42.1 Å². The third kappa shape index (κ3) is 3.40. The molecule has 10 heteroatoms. The number of thioether (sulfide) groups is 1. The number of methoxy groups -OCH3 is 1. The summed E-state index contributed by atoms with van der Waals surface area (Å²) in [6.07, 6.45) is 0. The van der Waals surface area contributed by atoms with Crippen molar-refractivity contribution in [3.8, 4) is 11.5 Å². The van der Waals surface area contributed by atoms with Crippen LogP contribution >= 0.6 is 11.8 Å². The number of hydrogen-bond donors (Lipinski definition) is 0. The Kier molecular flexibility index (Phi) is 4.57. The average molecular weight is 398 g/mol. The SMILES string of the molecule is COCC(=O)N=C1S[C@H]2CS(=O)(=O)C[C@H]2N1Cc1ccc2c(c1)OCO2. The van der Waals surface area contributed by atoms with E-state index in [2.05, 4.69) is 4.99 Å². The molecule has 0 aliphatic carbocycles. The van der Waals surface area contributed by atoms with Crippen LogP contribution in [-0.2, 0) is 25.9 Å². The number of hydrogen-bond acceptors (Lipinski definition) is 7. The van der Waals surface area contributed by atoms with Gasteiger partial charge >= 0.3 is 0 Å². The van der Waals surface area contributed by atoms with E-state index in [1.54, 1.807) is 0 Å². The van der Waals surface area contributed by atoms with Crippen molar-refractivity contribution in [2.75, 3.05) is 32.0 Å². The minimum absolute atomic E-state index is 0.0761. The molecule has 26 heavy (non-hydrogen) atoms. The van der Waals surface area contributed by atoms with Crippen molar-refractivity contribution in [3.63, 3.8) is 0 Å². The highest BCUT2D eigenvalue weighted by molar-refractivity contribution is 8.15. The van der Waals surface area contributed by atoms with Gasteiger partial charge in [-0.3, -0.25) is 4.79 Å². The van der Waals surface area contributed by atoms with Gasteiger partial charge in [-0.15, -0.1) is 0 Å². The Bertz CT molecular complexity index is 869. The zero-order valence-electron chi connectivity index (χ0n) is 14.1. The fourth-order valence-electron chi connectivity index (χ4n) is 3.32. The van der Waals surface area contributed by atoms with E-state index in [4.69, 9.17) is 14.2 Å². The zero-order chi connectivity index (χ0) is 18.3. The largest absolute Gasteiger partial charge is 0.454 e. The number of nitrogens with zero attached hydrogens (tertiary/aromatic N) is 2. The smallest absolute Gasteiger partial charge is 0.274 e. The highest BCUT2D eigenvalue weighted by Crippen LogP contribution is 2.40. The first-order valence-electron chi connectivity index (χ1n) is 8.08. The molecule has 2 saturated heterocycles. The first kappa shape index (κ1) is 17.6. The van der Waals surface area contributed by atoms with Crippen LogP contribution in [0.15, 0.2) is 23.2 Å². The number of aliphatic imine (C=N–C) groups is 1. The van der Waals surface area contributed by atoms with E-state index in [9.17, 15) is 13.2 Å². The summed E-state index contributed by atoms with van der Waals surface area (Å²) in [5.74, 6) is 1.16. The van der Waals surface area contributed by atoms with E-state index < -0.39 is 9.84 Å². The summed E-state index contributed by atoms with van der Waals surface area (Å²) < 4.78 is 39.6. The van der Waals surface area contributed by atoms with E-state index in [1.165, 1.54) is 18.9 Å². The van der Waals surface area contributed by atoms with Crippen LogP contribution in [0.3, 0.4) is 0 Å². The highest BCUT2D eigenvalue weighted by atomic mass is 32.2. The monoisotopic (exact) mass is 398 g/mol. The summed E-state index contributed by atoms with van der Waals surface area (Å²) in [5.41, 5.74) is 0.937. The van der Waals surface area contributed by atoms with Gasteiger partial charge in [0.2, 0.25) is 6.79 Å². The lowest BCUT2D eigenvalue weighted by atomic mass is 10.1. The topological polar surface area (TPSA) is 94.5 Å². The van der Waals surface area contributed by atoms with Crippen LogP contribution in [-0.4, -0.2) is 67.7 Å². The molecule has 0 radical (unpaired) electrons. The van der Waals surface area contributed by atoms with Crippen LogP contribution in [0, 0.1) is 0 Å².